The topological polar surface area (TPSA) is 62.5 Å². The maximum absolute atomic E-state index is 12.2. The Bertz CT molecular complexity index is 806. The van der Waals surface area contributed by atoms with Crippen LogP contribution in [0.25, 0.3) is 0 Å². The lowest BCUT2D eigenvalue weighted by Crippen LogP contribution is -2.39. The molecular formula is C20H26N4O2S. The summed E-state index contributed by atoms with van der Waals surface area (Å²) in [5.74, 6) is 2.39. The zero-order valence-corrected chi connectivity index (χ0v) is 16.6. The van der Waals surface area contributed by atoms with Crippen LogP contribution in [0.2, 0.25) is 0 Å². The first-order chi connectivity index (χ1) is 13.1. The van der Waals surface area contributed by atoms with E-state index in [1.807, 2.05) is 0 Å². The van der Waals surface area contributed by atoms with Gasteiger partial charge >= 0.3 is 0 Å². The Morgan fingerprint density at radius 3 is 2.89 bits per heavy atom. The Morgan fingerprint density at radius 2 is 2.22 bits per heavy atom. The number of carbonyl (C=O) groups excluding carboxylic acids is 1. The van der Waals surface area contributed by atoms with E-state index in [0.29, 0.717) is 17.4 Å². The minimum atomic E-state index is 0.198. The Hall–Kier alpha value is -1.73. The van der Waals surface area contributed by atoms with E-state index in [1.54, 1.807) is 18.3 Å². The van der Waals surface area contributed by atoms with Crippen molar-refractivity contribution in [2.75, 3.05) is 13.1 Å². The highest BCUT2D eigenvalue weighted by Gasteiger charge is 2.58. The van der Waals surface area contributed by atoms with Crippen LogP contribution in [0.15, 0.2) is 21.3 Å². The largest absolute Gasteiger partial charge is 0.338 e. The van der Waals surface area contributed by atoms with Gasteiger partial charge in [0.05, 0.1) is 6.54 Å². The average molecular weight is 387 g/mol. The fourth-order valence-corrected chi connectivity index (χ4v) is 5.17. The molecule has 0 radical (unpaired) electrons. The van der Waals surface area contributed by atoms with Crippen molar-refractivity contribution in [2.45, 2.75) is 64.1 Å². The van der Waals surface area contributed by atoms with Crippen molar-refractivity contribution in [1.29, 1.82) is 0 Å². The van der Waals surface area contributed by atoms with Crippen LogP contribution in [0.3, 0.4) is 0 Å². The molecule has 2 aromatic heterocycles. The summed E-state index contributed by atoms with van der Waals surface area (Å²) in [6.45, 7) is 5.30. The lowest BCUT2D eigenvalue weighted by atomic mass is 9.92. The Morgan fingerprint density at radius 1 is 1.41 bits per heavy atom. The number of carbonyl (C=O) groups is 1. The van der Waals surface area contributed by atoms with Gasteiger partial charge in [-0.1, -0.05) is 5.16 Å². The van der Waals surface area contributed by atoms with E-state index in [2.05, 4.69) is 36.8 Å². The van der Waals surface area contributed by atoms with Crippen LogP contribution in [0, 0.1) is 5.41 Å². The molecule has 2 saturated carbocycles. The van der Waals surface area contributed by atoms with Gasteiger partial charge in [0.2, 0.25) is 11.8 Å². The molecule has 2 aliphatic carbocycles. The maximum atomic E-state index is 12.2. The molecule has 27 heavy (non-hydrogen) atoms. The summed E-state index contributed by atoms with van der Waals surface area (Å²) in [6.07, 6.45) is 5.84. The molecule has 3 aliphatic rings. The number of rotatable bonds is 6. The van der Waals surface area contributed by atoms with Crippen molar-refractivity contribution >= 4 is 17.2 Å². The van der Waals surface area contributed by atoms with Crippen molar-refractivity contribution in [1.82, 2.24) is 19.9 Å². The minimum Gasteiger partial charge on any atom is -0.338 e. The summed E-state index contributed by atoms with van der Waals surface area (Å²) in [4.78, 5) is 21.3. The van der Waals surface area contributed by atoms with Crippen LogP contribution >= 0.6 is 11.3 Å². The number of nitrogens with zero attached hydrogens (tertiary/aromatic N) is 4. The summed E-state index contributed by atoms with van der Waals surface area (Å²) < 4.78 is 5.43. The summed E-state index contributed by atoms with van der Waals surface area (Å²) in [5.41, 5.74) is 1.57. The van der Waals surface area contributed by atoms with Crippen LogP contribution in [-0.4, -0.2) is 45.0 Å². The van der Waals surface area contributed by atoms with E-state index in [4.69, 9.17) is 4.52 Å². The molecule has 5 rings (SSSR count). The first kappa shape index (κ1) is 17.4. The smallest absolute Gasteiger partial charge is 0.240 e. The molecule has 1 atom stereocenters. The Kier molecular flexibility index (Phi) is 4.31. The second kappa shape index (κ2) is 6.71. The molecule has 3 fully saturated rings. The molecule has 1 spiro atoms. The van der Waals surface area contributed by atoms with E-state index in [-0.39, 0.29) is 5.91 Å². The fourth-order valence-electron chi connectivity index (χ4n) is 4.51. The average Bonchev–Trinajstić information content (AvgIpc) is 3.50. The minimum absolute atomic E-state index is 0.198. The highest BCUT2D eigenvalue weighted by Crippen LogP contribution is 2.57. The van der Waals surface area contributed by atoms with Crippen LogP contribution in [0.1, 0.15) is 62.2 Å². The monoisotopic (exact) mass is 386 g/mol. The zero-order chi connectivity index (χ0) is 18.4. The Balaban J connectivity index is 1.17. The first-order valence-electron chi connectivity index (χ1n) is 9.96. The van der Waals surface area contributed by atoms with Gasteiger partial charge in [-0.15, -0.1) is 0 Å². The van der Waals surface area contributed by atoms with Crippen LogP contribution in [0.4, 0.5) is 0 Å². The molecule has 1 saturated heterocycles. The molecule has 2 aromatic rings. The third-order valence-electron chi connectivity index (χ3n) is 6.50. The van der Waals surface area contributed by atoms with E-state index >= 15 is 0 Å². The van der Waals surface area contributed by atoms with Gasteiger partial charge in [0.1, 0.15) is 0 Å². The van der Waals surface area contributed by atoms with Crippen molar-refractivity contribution in [3.63, 3.8) is 0 Å². The second-order valence-electron chi connectivity index (χ2n) is 8.46. The van der Waals surface area contributed by atoms with Gasteiger partial charge in [0.15, 0.2) is 5.82 Å². The molecule has 6 nitrogen and oxygen atoms in total. The number of likely N-dealkylation sites (tertiary alicyclic amines) is 1. The second-order valence-corrected chi connectivity index (χ2v) is 9.24. The molecule has 0 aromatic carbocycles. The Labute approximate surface area is 163 Å². The van der Waals surface area contributed by atoms with E-state index in [1.165, 1.54) is 18.4 Å². The molecule has 3 heterocycles. The first-order valence-corrected chi connectivity index (χ1v) is 10.9. The molecule has 1 aliphatic heterocycles. The molecule has 0 bridgehead atoms. The van der Waals surface area contributed by atoms with Crippen LogP contribution < -0.4 is 0 Å². The lowest BCUT2D eigenvalue weighted by molar-refractivity contribution is -0.130. The van der Waals surface area contributed by atoms with Gasteiger partial charge in [-0.2, -0.15) is 16.3 Å². The summed E-state index contributed by atoms with van der Waals surface area (Å²) in [7, 11) is 0. The van der Waals surface area contributed by atoms with Gasteiger partial charge in [0, 0.05) is 25.4 Å². The SMILES string of the molecule is CC(=O)N(Cc1ccsc1)C1CC12CCN(Cc1nc(C3CC3)no1)CC2. The van der Waals surface area contributed by atoms with E-state index in [9.17, 15) is 4.79 Å². The molecular weight excluding hydrogens is 360 g/mol. The fraction of sp³-hybridized carbons (Fsp3) is 0.650. The lowest BCUT2D eigenvalue weighted by Gasteiger charge is -2.34. The van der Waals surface area contributed by atoms with Crippen molar-refractivity contribution in [3.05, 3.63) is 34.1 Å². The molecule has 1 amide bonds. The van der Waals surface area contributed by atoms with Gasteiger partial charge in [-0.3, -0.25) is 9.69 Å². The molecule has 7 heteroatoms. The van der Waals surface area contributed by atoms with E-state index in [0.717, 1.165) is 57.2 Å². The number of thiophene rings is 1. The molecule has 144 valence electrons. The number of hydrogen-bond acceptors (Lipinski definition) is 6. The van der Waals surface area contributed by atoms with Crippen molar-refractivity contribution < 1.29 is 9.32 Å². The highest BCUT2D eigenvalue weighted by atomic mass is 32.1. The third kappa shape index (κ3) is 3.55. The van der Waals surface area contributed by atoms with Crippen molar-refractivity contribution in [3.8, 4) is 0 Å². The predicted octanol–water partition coefficient (Wildman–Crippen LogP) is 3.41. The van der Waals surface area contributed by atoms with Crippen LogP contribution in [0.5, 0.6) is 0 Å². The number of hydrogen-bond donors (Lipinski definition) is 0. The van der Waals surface area contributed by atoms with Gasteiger partial charge in [-0.25, -0.2) is 0 Å². The maximum Gasteiger partial charge on any atom is 0.240 e. The van der Waals surface area contributed by atoms with E-state index < -0.39 is 0 Å². The third-order valence-corrected chi connectivity index (χ3v) is 7.23. The van der Waals surface area contributed by atoms with Gasteiger partial charge in [0.25, 0.3) is 0 Å². The summed E-state index contributed by atoms with van der Waals surface area (Å²) >= 11 is 1.70. The van der Waals surface area contributed by atoms with Crippen molar-refractivity contribution in [2.24, 2.45) is 5.41 Å². The normalized spacial score (nSPS) is 24.3. The van der Waals surface area contributed by atoms with Crippen LogP contribution in [-0.2, 0) is 17.9 Å². The standard InChI is InChI=1S/C20H26N4O2S/c1-14(25)24(11-15-4-9-27-13-15)17-10-20(17)5-7-23(8-6-20)12-18-21-19(22-26-18)16-2-3-16/h4,9,13,16-17H,2-3,5-8,10-12H2,1H3. The molecule has 1 unspecified atom stereocenters. The number of amides is 1. The highest BCUT2D eigenvalue weighted by molar-refractivity contribution is 7.07. The number of aromatic nitrogens is 2. The zero-order valence-electron chi connectivity index (χ0n) is 15.8. The van der Waals surface area contributed by atoms with Gasteiger partial charge < -0.3 is 9.42 Å². The number of piperidine rings is 1. The quantitative estimate of drug-likeness (QED) is 0.761. The molecule has 0 N–H and O–H groups in total. The summed E-state index contributed by atoms with van der Waals surface area (Å²) in [6, 6.07) is 2.53. The van der Waals surface area contributed by atoms with Gasteiger partial charge in [-0.05, 0) is 73.0 Å². The predicted molar refractivity (Wildman–Crippen MR) is 102 cm³/mol. The summed E-state index contributed by atoms with van der Waals surface area (Å²) in [5, 5.41) is 8.35.